The minimum Gasteiger partial charge on any atom is -0.454 e. The maximum Gasteiger partial charge on any atom is 0.325 e. The van der Waals surface area contributed by atoms with Crippen molar-refractivity contribution in [2.45, 2.75) is 26.4 Å². The van der Waals surface area contributed by atoms with Gasteiger partial charge < -0.3 is 14.6 Å². The van der Waals surface area contributed by atoms with Crippen molar-refractivity contribution in [3.05, 3.63) is 71.6 Å². The molecule has 0 aliphatic heterocycles. The van der Waals surface area contributed by atoms with Gasteiger partial charge in [-0.3, -0.25) is 9.59 Å². The van der Waals surface area contributed by atoms with Gasteiger partial charge in [-0.2, -0.15) is 4.98 Å². The molecular formula is C21H21N3O4. The van der Waals surface area contributed by atoms with E-state index in [2.05, 4.69) is 29.3 Å². The first-order valence-corrected chi connectivity index (χ1v) is 8.94. The number of aromatic nitrogens is 2. The number of carbonyl (C=O) groups excluding carboxylic acids is 2. The van der Waals surface area contributed by atoms with Gasteiger partial charge in [0, 0.05) is 11.1 Å². The molecule has 0 atom stereocenters. The summed E-state index contributed by atoms with van der Waals surface area (Å²) in [4.78, 5) is 27.9. The van der Waals surface area contributed by atoms with Gasteiger partial charge in [-0.15, -0.1) is 0 Å². The molecule has 3 rings (SSSR count). The predicted molar refractivity (Wildman–Crippen MR) is 102 cm³/mol. The number of nitrogens with zero attached hydrogens (tertiary/aromatic N) is 2. The zero-order valence-corrected chi connectivity index (χ0v) is 15.7. The van der Waals surface area contributed by atoms with E-state index in [4.69, 9.17) is 9.26 Å². The fourth-order valence-corrected chi connectivity index (χ4v) is 2.49. The van der Waals surface area contributed by atoms with Crippen LogP contribution in [0.1, 0.15) is 41.6 Å². The minimum absolute atomic E-state index is 0.156. The van der Waals surface area contributed by atoms with Gasteiger partial charge in [-0.1, -0.05) is 61.5 Å². The van der Waals surface area contributed by atoms with Crippen LogP contribution < -0.4 is 5.32 Å². The summed E-state index contributed by atoms with van der Waals surface area (Å²) in [6.07, 6.45) is 0. The van der Waals surface area contributed by atoms with E-state index in [9.17, 15) is 9.59 Å². The lowest BCUT2D eigenvalue weighted by Crippen LogP contribution is -2.30. The van der Waals surface area contributed by atoms with Crippen LogP contribution in [0.2, 0.25) is 0 Å². The number of rotatable bonds is 7. The quantitative estimate of drug-likeness (QED) is 0.633. The molecule has 7 heteroatoms. The number of esters is 1. The molecular weight excluding hydrogens is 358 g/mol. The molecule has 3 aromatic rings. The lowest BCUT2D eigenvalue weighted by atomic mass is 10.0. The van der Waals surface area contributed by atoms with E-state index in [-0.39, 0.29) is 24.9 Å². The van der Waals surface area contributed by atoms with E-state index in [1.807, 2.05) is 30.3 Å². The number of hydrogen-bond acceptors (Lipinski definition) is 6. The first kappa shape index (κ1) is 19.3. The first-order valence-electron chi connectivity index (χ1n) is 8.94. The van der Waals surface area contributed by atoms with Gasteiger partial charge in [-0.05, 0) is 23.6 Å². The summed E-state index contributed by atoms with van der Waals surface area (Å²) < 4.78 is 10.2. The number of hydrogen-bond donors (Lipinski definition) is 1. The Labute approximate surface area is 162 Å². The van der Waals surface area contributed by atoms with Crippen molar-refractivity contribution in [2.75, 3.05) is 6.54 Å². The Kier molecular flexibility index (Phi) is 6.16. The summed E-state index contributed by atoms with van der Waals surface area (Å²) in [6.45, 7) is 3.85. The molecule has 0 bridgehead atoms. The highest BCUT2D eigenvalue weighted by Gasteiger charge is 2.13. The average molecular weight is 379 g/mol. The van der Waals surface area contributed by atoms with E-state index in [0.29, 0.717) is 17.3 Å². The third-order valence-corrected chi connectivity index (χ3v) is 4.09. The van der Waals surface area contributed by atoms with Crippen LogP contribution >= 0.6 is 0 Å². The Bertz CT molecular complexity index is 934. The normalized spacial score (nSPS) is 10.7. The van der Waals surface area contributed by atoms with Crippen LogP contribution in [0.5, 0.6) is 0 Å². The summed E-state index contributed by atoms with van der Waals surface area (Å²) in [5, 5.41) is 6.41. The van der Waals surface area contributed by atoms with Crippen LogP contribution in [0, 0.1) is 0 Å². The molecule has 144 valence electrons. The van der Waals surface area contributed by atoms with Crippen LogP contribution in [0.3, 0.4) is 0 Å². The average Bonchev–Trinajstić information content (AvgIpc) is 3.20. The highest BCUT2D eigenvalue weighted by molar-refractivity contribution is 5.95. The van der Waals surface area contributed by atoms with E-state index >= 15 is 0 Å². The molecule has 1 N–H and O–H groups in total. The van der Waals surface area contributed by atoms with Crippen molar-refractivity contribution in [1.29, 1.82) is 0 Å². The Morgan fingerprint density at radius 1 is 1.07 bits per heavy atom. The lowest BCUT2D eigenvalue weighted by molar-refractivity contribution is -0.144. The fraction of sp³-hybridized carbons (Fsp3) is 0.238. The van der Waals surface area contributed by atoms with Gasteiger partial charge in [0.1, 0.15) is 6.54 Å². The van der Waals surface area contributed by atoms with E-state index in [0.717, 1.165) is 5.56 Å². The largest absolute Gasteiger partial charge is 0.454 e. The van der Waals surface area contributed by atoms with Crippen LogP contribution in [-0.4, -0.2) is 28.6 Å². The summed E-state index contributed by atoms with van der Waals surface area (Å²) in [6, 6.07) is 16.5. The molecule has 0 fully saturated rings. The molecule has 0 aliphatic carbocycles. The molecule has 1 heterocycles. The van der Waals surface area contributed by atoms with Crippen molar-refractivity contribution in [2.24, 2.45) is 0 Å². The first-order chi connectivity index (χ1) is 13.5. The number of benzene rings is 2. The summed E-state index contributed by atoms with van der Waals surface area (Å²) in [5.74, 6) is 0.119. The smallest absolute Gasteiger partial charge is 0.325 e. The van der Waals surface area contributed by atoms with Crippen LogP contribution in [0.4, 0.5) is 0 Å². The van der Waals surface area contributed by atoms with Crippen molar-refractivity contribution in [1.82, 2.24) is 15.5 Å². The third-order valence-electron chi connectivity index (χ3n) is 4.09. The zero-order chi connectivity index (χ0) is 19.9. The molecule has 0 unspecified atom stereocenters. The van der Waals surface area contributed by atoms with Gasteiger partial charge in [0.15, 0.2) is 6.61 Å². The summed E-state index contributed by atoms with van der Waals surface area (Å²) in [7, 11) is 0. The van der Waals surface area contributed by atoms with E-state index < -0.39 is 5.97 Å². The maximum atomic E-state index is 11.9. The lowest BCUT2D eigenvalue weighted by Gasteiger charge is -2.05. The zero-order valence-electron chi connectivity index (χ0n) is 15.7. The summed E-state index contributed by atoms with van der Waals surface area (Å²) in [5.41, 5.74) is 2.51. The minimum atomic E-state index is -0.592. The molecule has 0 aliphatic rings. The van der Waals surface area contributed by atoms with Crippen LogP contribution in [-0.2, 0) is 16.1 Å². The molecule has 0 saturated carbocycles. The van der Waals surface area contributed by atoms with Crippen molar-refractivity contribution in [3.63, 3.8) is 0 Å². The Morgan fingerprint density at radius 2 is 1.79 bits per heavy atom. The SMILES string of the molecule is CC(C)c1ccc(-c2noc(COC(=O)CNC(=O)c3ccccc3)n2)cc1. The van der Waals surface area contributed by atoms with Crippen molar-refractivity contribution in [3.8, 4) is 11.4 Å². The second-order valence-corrected chi connectivity index (χ2v) is 6.50. The number of carbonyl (C=O) groups is 2. The molecule has 1 amide bonds. The standard InChI is InChI=1S/C21H21N3O4/c1-14(2)15-8-10-16(11-9-15)20-23-18(28-24-20)13-27-19(25)12-22-21(26)17-6-4-3-5-7-17/h3-11,14H,12-13H2,1-2H3,(H,22,26). The Balaban J connectivity index is 1.48. The number of amides is 1. The van der Waals surface area contributed by atoms with Gasteiger partial charge >= 0.3 is 5.97 Å². The van der Waals surface area contributed by atoms with Gasteiger partial charge in [-0.25, -0.2) is 0 Å². The number of ether oxygens (including phenoxy) is 1. The molecule has 0 spiro atoms. The van der Waals surface area contributed by atoms with E-state index in [1.165, 1.54) is 5.56 Å². The predicted octanol–water partition coefficient (Wildman–Crippen LogP) is 3.33. The molecule has 2 aromatic carbocycles. The van der Waals surface area contributed by atoms with Crippen LogP contribution in [0.15, 0.2) is 59.1 Å². The van der Waals surface area contributed by atoms with Crippen molar-refractivity contribution >= 4 is 11.9 Å². The second kappa shape index (κ2) is 8.94. The highest BCUT2D eigenvalue weighted by Crippen LogP contribution is 2.20. The summed E-state index contributed by atoms with van der Waals surface area (Å²) >= 11 is 0. The third kappa shape index (κ3) is 5.03. The maximum absolute atomic E-state index is 11.9. The van der Waals surface area contributed by atoms with Crippen molar-refractivity contribution < 1.29 is 18.8 Å². The topological polar surface area (TPSA) is 94.3 Å². The van der Waals surface area contributed by atoms with Gasteiger partial charge in [0.2, 0.25) is 5.82 Å². The van der Waals surface area contributed by atoms with Crippen LogP contribution in [0.25, 0.3) is 11.4 Å². The Morgan fingerprint density at radius 3 is 2.46 bits per heavy atom. The number of nitrogens with one attached hydrogen (secondary N) is 1. The Hall–Kier alpha value is -3.48. The van der Waals surface area contributed by atoms with E-state index in [1.54, 1.807) is 24.3 Å². The fourth-order valence-electron chi connectivity index (χ4n) is 2.49. The van der Waals surface area contributed by atoms with Gasteiger partial charge in [0.25, 0.3) is 11.8 Å². The van der Waals surface area contributed by atoms with Gasteiger partial charge in [0.05, 0.1) is 0 Å². The molecule has 7 nitrogen and oxygen atoms in total. The molecule has 28 heavy (non-hydrogen) atoms. The molecule has 0 saturated heterocycles. The monoisotopic (exact) mass is 379 g/mol. The molecule has 0 radical (unpaired) electrons. The molecule has 1 aromatic heterocycles. The highest BCUT2D eigenvalue weighted by atomic mass is 16.6. The second-order valence-electron chi connectivity index (χ2n) is 6.50.